The van der Waals surface area contributed by atoms with Gasteiger partial charge in [0.15, 0.2) is 5.13 Å². The molecule has 1 atom stereocenters. The van der Waals surface area contributed by atoms with Gasteiger partial charge < -0.3 is 5.32 Å². The molecule has 0 aliphatic rings. The summed E-state index contributed by atoms with van der Waals surface area (Å²) in [6, 6.07) is 17.1. The third kappa shape index (κ3) is 4.37. The Kier molecular flexibility index (Phi) is 5.35. The van der Waals surface area contributed by atoms with Crippen molar-refractivity contribution in [2.75, 3.05) is 10.0 Å². The van der Waals surface area contributed by atoms with Gasteiger partial charge in [0.2, 0.25) is 0 Å². The molecule has 0 bridgehead atoms. The van der Waals surface area contributed by atoms with Crippen molar-refractivity contribution in [3.8, 4) is 0 Å². The van der Waals surface area contributed by atoms with Gasteiger partial charge in [0, 0.05) is 17.3 Å². The van der Waals surface area contributed by atoms with Gasteiger partial charge in [-0.3, -0.25) is 4.72 Å². The highest BCUT2D eigenvalue weighted by molar-refractivity contribution is 7.93. The number of anilines is 2. The van der Waals surface area contributed by atoms with Gasteiger partial charge in [0.25, 0.3) is 10.0 Å². The lowest BCUT2D eigenvalue weighted by Gasteiger charge is -2.19. The van der Waals surface area contributed by atoms with Crippen LogP contribution in [0.1, 0.15) is 24.9 Å². The molecule has 1 unspecified atom stereocenters. The molecule has 3 aromatic rings. The molecule has 1 aromatic heterocycles. The molecule has 0 aliphatic heterocycles. The summed E-state index contributed by atoms with van der Waals surface area (Å²) in [6.07, 6.45) is 2.49. The first kappa shape index (κ1) is 17.4. The number of rotatable bonds is 7. The quantitative estimate of drug-likeness (QED) is 0.639. The molecule has 0 fully saturated rings. The van der Waals surface area contributed by atoms with E-state index in [0.717, 1.165) is 12.1 Å². The molecule has 0 amide bonds. The van der Waals surface area contributed by atoms with Crippen molar-refractivity contribution in [2.45, 2.75) is 24.3 Å². The average molecular weight is 374 g/mol. The minimum Gasteiger partial charge on any atom is -0.378 e. The van der Waals surface area contributed by atoms with Crippen LogP contribution in [0.4, 0.5) is 10.8 Å². The van der Waals surface area contributed by atoms with Crippen LogP contribution in [-0.4, -0.2) is 13.4 Å². The van der Waals surface area contributed by atoms with E-state index in [1.807, 2.05) is 18.2 Å². The molecule has 7 heteroatoms. The first-order valence-corrected chi connectivity index (χ1v) is 10.3. The predicted octanol–water partition coefficient (Wildman–Crippen LogP) is 4.51. The molecule has 3 rings (SSSR count). The largest absolute Gasteiger partial charge is 0.378 e. The fraction of sp³-hybridized carbons (Fsp3) is 0.167. The number of thiazole rings is 1. The van der Waals surface area contributed by atoms with E-state index >= 15 is 0 Å². The Morgan fingerprint density at radius 3 is 2.40 bits per heavy atom. The molecule has 0 saturated heterocycles. The van der Waals surface area contributed by atoms with Crippen molar-refractivity contribution < 1.29 is 8.42 Å². The lowest BCUT2D eigenvalue weighted by Crippen LogP contribution is -2.13. The van der Waals surface area contributed by atoms with Gasteiger partial charge >= 0.3 is 0 Å². The molecule has 0 radical (unpaired) electrons. The summed E-state index contributed by atoms with van der Waals surface area (Å²) < 4.78 is 27.2. The third-order valence-electron chi connectivity index (χ3n) is 3.77. The number of nitrogens with zero attached hydrogens (tertiary/aromatic N) is 1. The van der Waals surface area contributed by atoms with Crippen molar-refractivity contribution in [1.82, 2.24) is 4.98 Å². The maximum atomic E-state index is 12.3. The smallest absolute Gasteiger partial charge is 0.263 e. The van der Waals surface area contributed by atoms with Crippen molar-refractivity contribution >= 4 is 32.2 Å². The Morgan fingerprint density at radius 1 is 1.08 bits per heavy atom. The Bertz CT molecular complexity index is 893. The van der Waals surface area contributed by atoms with E-state index in [2.05, 4.69) is 34.1 Å². The van der Waals surface area contributed by atoms with Crippen LogP contribution in [0.3, 0.4) is 0 Å². The normalized spacial score (nSPS) is 12.5. The second-order valence-corrected chi connectivity index (χ2v) is 8.06. The third-order valence-corrected chi connectivity index (χ3v) is 5.94. The van der Waals surface area contributed by atoms with Crippen LogP contribution in [0.25, 0.3) is 0 Å². The zero-order chi connectivity index (χ0) is 17.7. The lowest BCUT2D eigenvalue weighted by molar-refractivity contribution is 0.601. The van der Waals surface area contributed by atoms with Crippen molar-refractivity contribution in [2.24, 2.45) is 0 Å². The van der Waals surface area contributed by atoms with Crippen LogP contribution in [-0.2, 0) is 10.0 Å². The maximum absolute atomic E-state index is 12.3. The monoisotopic (exact) mass is 373 g/mol. The second kappa shape index (κ2) is 7.67. The van der Waals surface area contributed by atoms with Crippen LogP contribution in [0.15, 0.2) is 71.1 Å². The number of sulfonamides is 1. The summed E-state index contributed by atoms with van der Waals surface area (Å²) in [6.45, 7) is 2.11. The van der Waals surface area contributed by atoms with Gasteiger partial charge in [0.1, 0.15) is 0 Å². The molecular weight excluding hydrogens is 354 g/mol. The first-order valence-electron chi connectivity index (χ1n) is 7.92. The Morgan fingerprint density at radius 2 is 1.80 bits per heavy atom. The van der Waals surface area contributed by atoms with E-state index in [1.54, 1.807) is 35.8 Å². The Balaban J connectivity index is 1.73. The number of hydrogen-bond acceptors (Lipinski definition) is 5. The van der Waals surface area contributed by atoms with Gasteiger partial charge in [-0.2, -0.15) is 0 Å². The van der Waals surface area contributed by atoms with E-state index in [-0.39, 0.29) is 10.9 Å². The first-order chi connectivity index (χ1) is 12.1. The standard InChI is InChI=1S/C18H19N3O2S2/c1-2-17(14-6-4-3-5-7-14)20-15-8-10-16(11-9-15)25(22,23)21-18-19-12-13-24-18/h3-13,17,20H,2H2,1H3,(H,19,21). The second-order valence-electron chi connectivity index (χ2n) is 5.48. The zero-order valence-corrected chi connectivity index (χ0v) is 15.3. The molecular formula is C18H19N3O2S2. The van der Waals surface area contributed by atoms with E-state index in [4.69, 9.17) is 0 Å². The average Bonchev–Trinajstić information content (AvgIpc) is 3.13. The predicted molar refractivity (Wildman–Crippen MR) is 102 cm³/mol. The number of benzene rings is 2. The molecule has 0 spiro atoms. The SMILES string of the molecule is CCC(Nc1ccc(S(=O)(=O)Nc2nccs2)cc1)c1ccccc1. The van der Waals surface area contributed by atoms with Crippen LogP contribution in [0, 0.1) is 0 Å². The van der Waals surface area contributed by atoms with Gasteiger partial charge in [-0.1, -0.05) is 37.3 Å². The topological polar surface area (TPSA) is 71.1 Å². The maximum Gasteiger partial charge on any atom is 0.263 e. The van der Waals surface area contributed by atoms with Crippen LogP contribution >= 0.6 is 11.3 Å². The summed E-state index contributed by atoms with van der Waals surface area (Å²) >= 11 is 1.24. The van der Waals surface area contributed by atoms with Gasteiger partial charge in [-0.15, -0.1) is 11.3 Å². The summed E-state index contributed by atoms with van der Waals surface area (Å²) in [5.74, 6) is 0. The minimum absolute atomic E-state index is 0.178. The van der Waals surface area contributed by atoms with Crippen molar-refractivity contribution in [3.63, 3.8) is 0 Å². The van der Waals surface area contributed by atoms with Gasteiger partial charge in [-0.05, 0) is 36.2 Å². The highest BCUT2D eigenvalue weighted by Crippen LogP contribution is 2.24. The highest BCUT2D eigenvalue weighted by Gasteiger charge is 2.16. The summed E-state index contributed by atoms with van der Waals surface area (Å²) in [5, 5.41) is 5.52. The molecule has 2 aromatic carbocycles. The summed E-state index contributed by atoms with van der Waals surface area (Å²) in [5.41, 5.74) is 2.08. The highest BCUT2D eigenvalue weighted by atomic mass is 32.2. The lowest BCUT2D eigenvalue weighted by atomic mass is 10.0. The number of hydrogen-bond donors (Lipinski definition) is 2. The van der Waals surface area contributed by atoms with Crippen molar-refractivity contribution in [1.29, 1.82) is 0 Å². The Hall–Kier alpha value is -2.38. The van der Waals surface area contributed by atoms with E-state index in [0.29, 0.717) is 5.13 Å². The number of nitrogens with one attached hydrogen (secondary N) is 2. The molecule has 5 nitrogen and oxygen atoms in total. The fourth-order valence-corrected chi connectivity index (χ4v) is 4.27. The van der Waals surface area contributed by atoms with Crippen molar-refractivity contribution in [3.05, 3.63) is 71.7 Å². The minimum atomic E-state index is -3.62. The van der Waals surface area contributed by atoms with E-state index in [9.17, 15) is 8.42 Å². The van der Waals surface area contributed by atoms with Crippen LogP contribution in [0.2, 0.25) is 0 Å². The molecule has 0 saturated carbocycles. The van der Waals surface area contributed by atoms with Gasteiger partial charge in [0.05, 0.1) is 10.9 Å². The van der Waals surface area contributed by atoms with Gasteiger partial charge in [-0.25, -0.2) is 13.4 Å². The Labute approximate surface area is 151 Å². The summed E-state index contributed by atoms with van der Waals surface area (Å²) in [4.78, 5) is 4.15. The molecule has 0 aliphatic carbocycles. The van der Waals surface area contributed by atoms with Crippen LogP contribution < -0.4 is 10.0 Å². The van der Waals surface area contributed by atoms with E-state index < -0.39 is 10.0 Å². The fourth-order valence-electron chi connectivity index (χ4n) is 2.49. The van der Waals surface area contributed by atoms with Crippen LogP contribution in [0.5, 0.6) is 0 Å². The summed E-state index contributed by atoms with van der Waals surface area (Å²) in [7, 11) is -3.62. The van der Waals surface area contributed by atoms with E-state index in [1.165, 1.54) is 16.9 Å². The molecule has 1 heterocycles. The molecule has 25 heavy (non-hydrogen) atoms. The molecule has 2 N–H and O–H groups in total. The number of aromatic nitrogens is 1. The molecule has 130 valence electrons. The zero-order valence-electron chi connectivity index (χ0n) is 13.7.